The molecule has 0 aromatic heterocycles. The van der Waals surface area contributed by atoms with Crippen molar-refractivity contribution in [2.24, 2.45) is 11.7 Å². The molecule has 1 aromatic rings. The van der Waals surface area contributed by atoms with Gasteiger partial charge in [0.1, 0.15) is 6.07 Å². The molecule has 17 heavy (non-hydrogen) atoms. The number of carbonyl (C=O) groups is 1. The molecule has 1 unspecified atom stereocenters. The Hall–Kier alpha value is -1.57. The van der Waals surface area contributed by atoms with Gasteiger partial charge in [-0.1, -0.05) is 17.7 Å². The van der Waals surface area contributed by atoms with Crippen molar-refractivity contribution in [3.8, 4) is 6.07 Å². The molecule has 0 radical (unpaired) electrons. The van der Waals surface area contributed by atoms with Gasteiger partial charge in [-0.05, 0) is 24.6 Å². The molecule has 88 valence electrons. The molecule has 1 atom stereocenters. The van der Waals surface area contributed by atoms with Gasteiger partial charge in [0.2, 0.25) is 5.91 Å². The molecule has 0 bridgehead atoms. The minimum Gasteiger partial charge on any atom is -0.330 e. The average Bonchev–Trinajstić information content (AvgIpc) is 2.70. The van der Waals surface area contributed by atoms with Crippen molar-refractivity contribution in [2.75, 3.05) is 18.0 Å². The smallest absolute Gasteiger partial charge is 0.227 e. The van der Waals surface area contributed by atoms with Gasteiger partial charge in [-0.3, -0.25) is 4.79 Å². The topological polar surface area (TPSA) is 70.1 Å². The van der Waals surface area contributed by atoms with E-state index in [1.165, 1.54) is 0 Å². The normalized spacial score (nSPS) is 19.5. The first-order chi connectivity index (χ1) is 8.17. The molecular weight excluding hydrogens is 238 g/mol. The van der Waals surface area contributed by atoms with Gasteiger partial charge in [0, 0.05) is 13.0 Å². The lowest BCUT2D eigenvalue weighted by atomic mass is 10.1. The number of hydrogen-bond acceptors (Lipinski definition) is 3. The molecule has 0 aliphatic carbocycles. The van der Waals surface area contributed by atoms with Gasteiger partial charge < -0.3 is 10.6 Å². The number of nitrogens with zero attached hydrogens (tertiary/aromatic N) is 2. The average molecular weight is 250 g/mol. The lowest BCUT2D eigenvalue weighted by Gasteiger charge is -2.19. The highest BCUT2D eigenvalue weighted by Gasteiger charge is 2.32. The minimum atomic E-state index is -0.0231. The molecule has 1 heterocycles. The van der Waals surface area contributed by atoms with Gasteiger partial charge in [-0.2, -0.15) is 5.26 Å². The molecule has 1 amide bonds. The summed E-state index contributed by atoms with van der Waals surface area (Å²) in [6.07, 6.45) is 0.423. The van der Waals surface area contributed by atoms with Crippen molar-refractivity contribution < 1.29 is 4.79 Å². The van der Waals surface area contributed by atoms with Crippen molar-refractivity contribution in [1.82, 2.24) is 0 Å². The summed E-state index contributed by atoms with van der Waals surface area (Å²) in [6.45, 7) is 1.00. The Labute approximate surface area is 105 Å². The number of benzene rings is 1. The molecule has 1 saturated heterocycles. The standard InChI is InChI=1S/C12H12ClN3O/c13-10-3-1-2-9(6-15)12(10)16-7-8(5-14)4-11(16)17/h1-3,8H,4-5,7,14H2. The third-order valence-corrected chi connectivity index (χ3v) is 3.22. The molecule has 1 aliphatic heterocycles. The van der Waals surface area contributed by atoms with Gasteiger partial charge >= 0.3 is 0 Å². The summed E-state index contributed by atoms with van der Waals surface area (Å²) >= 11 is 6.07. The SMILES string of the molecule is N#Cc1cccc(Cl)c1N1CC(CN)CC1=O. The van der Waals surface area contributed by atoms with Crippen molar-refractivity contribution in [3.05, 3.63) is 28.8 Å². The summed E-state index contributed by atoms with van der Waals surface area (Å²) in [5, 5.41) is 9.47. The molecule has 0 spiro atoms. The Bertz CT molecular complexity index is 495. The third-order valence-electron chi connectivity index (χ3n) is 2.92. The van der Waals surface area contributed by atoms with Gasteiger partial charge in [-0.25, -0.2) is 0 Å². The quantitative estimate of drug-likeness (QED) is 0.864. The Kier molecular flexibility index (Phi) is 3.32. The van der Waals surface area contributed by atoms with Crippen LogP contribution >= 0.6 is 11.6 Å². The summed E-state index contributed by atoms with van der Waals surface area (Å²) in [6, 6.07) is 7.10. The Morgan fingerprint density at radius 3 is 2.94 bits per heavy atom. The number of carbonyl (C=O) groups excluding carboxylic acids is 1. The van der Waals surface area contributed by atoms with E-state index >= 15 is 0 Å². The Morgan fingerprint density at radius 2 is 2.35 bits per heavy atom. The van der Waals surface area contributed by atoms with E-state index in [4.69, 9.17) is 22.6 Å². The van der Waals surface area contributed by atoms with Crippen LogP contribution in [0.2, 0.25) is 5.02 Å². The molecule has 5 heteroatoms. The van der Waals surface area contributed by atoms with Crippen molar-refractivity contribution in [3.63, 3.8) is 0 Å². The van der Waals surface area contributed by atoms with Crippen LogP contribution in [0.3, 0.4) is 0 Å². The maximum absolute atomic E-state index is 11.9. The summed E-state index contributed by atoms with van der Waals surface area (Å²) in [7, 11) is 0. The fraction of sp³-hybridized carbons (Fsp3) is 0.333. The number of rotatable bonds is 2. The van der Waals surface area contributed by atoms with Crippen LogP contribution in [0.15, 0.2) is 18.2 Å². The second kappa shape index (κ2) is 4.74. The van der Waals surface area contributed by atoms with Crippen LogP contribution in [0.5, 0.6) is 0 Å². The predicted octanol–water partition coefficient (Wildman–Crippen LogP) is 1.52. The van der Waals surface area contributed by atoms with Crippen LogP contribution in [0, 0.1) is 17.2 Å². The van der Waals surface area contributed by atoms with Gasteiger partial charge in [-0.15, -0.1) is 0 Å². The van der Waals surface area contributed by atoms with E-state index in [9.17, 15) is 4.79 Å². The van der Waals surface area contributed by atoms with Gasteiger partial charge in [0.25, 0.3) is 0 Å². The summed E-state index contributed by atoms with van der Waals surface area (Å²) in [5.74, 6) is 0.121. The predicted molar refractivity (Wildman–Crippen MR) is 65.7 cm³/mol. The zero-order valence-electron chi connectivity index (χ0n) is 9.19. The van der Waals surface area contributed by atoms with E-state index in [0.29, 0.717) is 35.8 Å². The first-order valence-corrected chi connectivity index (χ1v) is 5.74. The molecule has 2 rings (SSSR count). The number of anilines is 1. The van der Waals surface area contributed by atoms with E-state index in [1.54, 1.807) is 23.1 Å². The number of halogens is 1. The zero-order valence-corrected chi connectivity index (χ0v) is 9.94. The number of hydrogen-bond donors (Lipinski definition) is 1. The van der Waals surface area contributed by atoms with Crippen LogP contribution in [0.4, 0.5) is 5.69 Å². The molecular formula is C12H12ClN3O. The Balaban J connectivity index is 2.42. The molecule has 1 aromatic carbocycles. The third kappa shape index (κ3) is 2.12. The molecule has 4 nitrogen and oxygen atoms in total. The highest BCUT2D eigenvalue weighted by Crippen LogP contribution is 2.33. The summed E-state index contributed by atoms with van der Waals surface area (Å²) < 4.78 is 0. The maximum atomic E-state index is 11.9. The van der Waals surface area contributed by atoms with Crippen LogP contribution < -0.4 is 10.6 Å². The first-order valence-electron chi connectivity index (χ1n) is 5.36. The Morgan fingerprint density at radius 1 is 1.59 bits per heavy atom. The molecule has 1 fully saturated rings. The molecule has 1 aliphatic rings. The van der Waals surface area contributed by atoms with Crippen LogP contribution in [0.25, 0.3) is 0 Å². The molecule has 2 N–H and O–H groups in total. The molecule has 0 saturated carbocycles. The van der Waals surface area contributed by atoms with Crippen molar-refractivity contribution in [2.45, 2.75) is 6.42 Å². The fourth-order valence-electron chi connectivity index (χ4n) is 2.04. The first kappa shape index (κ1) is 11.9. The second-order valence-corrected chi connectivity index (χ2v) is 4.47. The van der Waals surface area contributed by atoms with E-state index in [0.717, 1.165) is 0 Å². The maximum Gasteiger partial charge on any atom is 0.227 e. The van der Waals surface area contributed by atoms with E-state index in [1.807, 2.05) is 0 Å². The number of nitrogens with two attached hydrogens (primary N) is 1. The number of amides is 1. The van der Waals surface area contributed by atoms with E-state index in [2.05, 4.69) is 6.07 Å². The minimum absolute atomic E-state index is 0.0231. The monoisotopic (exact) mass is 249 g/mol. The van der Waals surface area contributed by atoms with Gasteiger partial charge in [0.15, 0.2) is 0 Å². The highest BCUT2D eigenvalue weighted by molar-refractivity contribution is 6.34. The van der Waals surface area contributed by atoms with Crippen LogP contribution in [0.1, 0.15) is 12.0 Å². The number of para-hydroxylation sites is 1. The summed E-state index contributed by atoms with van der Waals surface area (Å²) in [4.78, 5) is 13.4. The largest absolute Gasteiger partial charge is 0.330 e. The van der Waals surface area contributed by atoms with Gasteiger partial charge in [0.05, 0.1) is 16.3 Å². The lowest BCUT2D eigenvalue weighted by Crippen LogP contribution is -2.26. The van der Waals surface area contributed by atoms with Crippen molar-refractivity contribution in [1.29, 1.82) is 5.26 Å². The lowest BCUT2D eigenvalue weighted by molar-refractivity contribution is -0.117. The number of nitriles is 1. The van der Waals surface area contributed by atoms with E-state index in [-0.39, 0.29) is 11.8 Å². The van der Waals surface area contributed by atoms with Crippen LogP contribution in [-0.2, 0) is 4.79 Å². The second-order valence-electron chi connectivity index (χ2n) is 4.06. The zero-order chi connectivity index (χ0) is 12.4. The van der Waals surface area contributed by atoms with Crippen LogP contribution in [-0.4, -0.2) is 19.0 Å². The summed E-state index contributed by atoms with van der Waals surface area (Å²) in [5.41, 5.74) is 6.50. The fourth-order valence-corrected chi connectivity index (χ4v) is 2.31. The van der Waals surface area contributed by atoms with Crippen molar-refractivity contribution >= 4 is 23.2 Å². The van der Waals surface area contributed by atoms with E-state index < -0.39 is 0 Å². The highest BCUT2D eigenvalue weighted by atomic mass is 35.5.